The molecule has 1 fully saturated rings. The summed E-state index contributed by atoms with van der Waals surface area (Å²) in [7, 11) is 0. The fourth-order valence-electron chi connectivity index (χ4n) is 2.75. The molecule has 1 aromatic heterocycles. The number of aromatic nitrogens is 2. The van der Waals surface area contributed by atoms with Gasteiger partial charge in [0.2, 0.25) is 0 Å². The maximum absolute atomic E-state index is 9.31. The zero-order chi connectivity index (χ0) is 14.5. The van der Waals surface area contributed by atoms with Gasteiger partial charge in [-0.3, -0.25) is 4.90 Å². The molecule has 3 rings (SSSR count). The van der Waals surface area contributed by atoms with Crippen molar-refractivity contribution >= 4 is 5.71 Å². The van der Waals surface area contributed by atoms with Crippen LogP contribution in [0.25, 0.3) is 5.69 Å². The van der Waals surface area contributed by atoms with Crippen molar-refractivity contribution in [1.29, 1.82) is 0 Å². The molecule has 2 aromatic rings. The Kier molecular flexibility index (Phi) is 4.31. The molecule has 0 atom stereocenters. The summed E-state index contributed by atoms with van der Waals surface area (Å²) in [6.45, 7) is 2.89. The van der Waals surface area contributed by atoms with Gasteiger partial charge in [0.15, 0.2) is 0 Å². The highest BCUT2D eigenvalue weighted by atomic mass is 16.4. The van der Waals surface area contributed by atoms with E-state index in [0.717, 1.165) is 30.1 Å². The predicted octanol–water partition coefficient (Wildman–Crippen LogP) is 2.54. The van der Waals surface area contributed by atoms with Crippen LogP contribution >= 0.6 is 0 Å². The van der Waals surface area contributed by atoms with Gasteiger partial charge in [-0.25, -0.2) is 4.98 Å². The molecule has 0 aliphatic carbocycles. The maximum Gasteiger partial charge on any atom is 0.101 e. The van der Waals surface area contributed by atoms with E-state index in [0.29, 0.717) is 6.54 Å². The molecule has 0 saturated carbocycles. The molecule has 1 aliphatic heterocycles. The Hall–Kier alpha value is -2.14. The maximum atomic E-state index is 9.31. The largest absolute Gasteiger partial charge is 0.411 e. The van der Waals surface area contributed by atoms with Crippen molar-refractivity contribution in [2.45, 2.75) is 19.3 Å². The normalized spacial score (nSPS) is 17.0. The predicted molar refractivity (Wildman–Crippen MR) is 82.2 cm³/mol. The van der Waals surface area contributed by atoms with E-state index >= 15 is 0 Å². The van der Waals surface area contributed by atoms with Crippen molar-refractivity contribution in [3.8, 4) is 5.69 Å². The summed E-state index contributed by atoms with van der Waals surface area (Å²) in [4.78, 5) is 6.39. The van der Waals surface area contributed by atoms with Crippen LogP contribution in [0.5, 0.6) is 0 Å². The molecule has 0 radical (unpaired) electrons. The number of hydrogen-bond acceptors (Lipinski definition) is 4. The van der Waals surface area contributed by atoms with Crippen molar-refractivity contribution in [2.24, 2.45) is 5.16 Å². The van der Waals surface area contributed by atoms with Gasteiger partial charge < -0.3 is 9.77 Å². The summed E-state index contributed by atoms with van der Waals surface area (Å²) in [6, 6.07) is 8.01. The number of oxime groups is 1. The summed E-state index contributed by atoms with van der Waals surface area (Å²) in [5, 5.41) is 12.8. The number of piperidine rings is 1. The topological polar surface area (TPSA) is 53.7 Å². The van der Waals surface area contributed by atoms with Gasteiger partial charge in [0.25, 0.3) is 0 Å². The Morgan fingerprint density at radius 1 is 1.14 bits per heavy atom. The lowest BCUT2D eigenvalue weighted by atomic mass is 10.1. The molecule has 1 aliphatic rings. The van der Waals surface area contributed by atoms with Gasteiger partial charge in [0.1, 0.15) is 5.71 Å². The van der Waals surface area contributed by atoms with Crippen LogP contribution in [0.2, 0.25) is 0 Å². The average molecular weight is 284 g/mol. The first-order chi connectivity index (χ1) is 10.4. The highest BCUT2D eigenvalue weighted by Gasteiger charge is 2.14. The number of benzene rings is 1. The molecular weight excluding hydrogens is 264 g/mol. The lowest BCUT2D eigenvalue weighted by Crippen LogP contribution is -2.34. The van der Waals surface area contributed by atoms with Gasteiger partial charge in [-0.15, -0.1) is 0 Å². The van der Waals surface area contributed by atoms with E-state index in [2.05, 4.69) is 15.0 Å². The molecule has 1 saturated heterocycles. The second-order valence-corrected chi connectivity index (χ2v) is 5.40. The van der Waals surface area contributed by atoms with E-state index in [9.17, 15) is 5.21 Å². The van der Waals surface area contributed by atoms with Gasteiger partial charge in [0, 0.05) is 30.2 Å². The minimum absolute atomic E-state index is 0.709. The third-order valence-corrected chi connectivity index (χ3v) is 3.95. The third kappa shape index (κ3) is 3.31. The van der Waals surface area contributed by atoms with Crippen LogP contribution in [-0.4, -0.2) is 45.0 Å². The number of rotatable bonds is 4. The second kappa shape index (κ2) is 6.54. The number of nitrogens with zero attached hydrogens (tertiary/aromatic N) is 4. The van der Waals surface area contributed by atoms with E-state index in [1.165, 1.54) is 19.3 Å². The lowest BCUT2D eigenvalue weighted by Gasteiger charge is -2.26. The molecule has 0 amide bonds. The fourth-order valence-corrected chi connectivity index (χ4v) is 2.75. The quantitative estimate of drug-likeness (QED) is 0.533. The molecule has 110 valence electrons. The molecule has 5 heteroatoms. The van der Waals surface area contributed by atoms with Gasteiger partial charge in [-0.05, 0) is 38.1 Å². The first kappa shape index (κ1) is 13.8. The van der Waals surface area contributed by atoms with Crippen LogP contribution in [0, 0.1) is 0 Å². The summed E-state index contributed by atoms with van der Waals surface area (Å²) >= 11 is 0. The lowest BCUT2D eigenvalue weighted by molar-refractivity contribution is 0.253. The van der Waals surface area contributed by atoms with Gasteiger partial charge in [-0.2, -0.15) is 0 Å². The summed E-state index contributed by atoms with van der Waals surface area (Å²) in [5.74, 6) is 0. The van der Waals surface area contributed by atoms with Gasteiger partial charge in [-0.1, -0.05) is 23.7 Å². The standard InChI is InChI=1S/C16H20N4O/c21-18-16(12-19-9-2-1-3-10-19)14-4-6-15(7-5-14)20-11-8-17-13-20/h4-8,11,13,21H,1-3,9-10,12H2/b18-16+. The van der Waals surface area contributed by atoms with Gasteiger partial charge in [0.05, 0.1) is 6.33 Å². The monoisotopic (exact) mass is 284 g/mol. The zero-order valence-corrected chi connectivity index (χ0v) is 12.0. The number of likely N-dealkylation sites (tertiary alicyclic amines) is 1. The summed E-state index contributed by atoms with van der Waals surface area (Å²) < 4.78 is 1.95. The van der Waals surface area contributed by atoms with Crippen LogP contribution in [0.15, 0.2) is 48.1 Å². The molecule has 5 nitrogen and oxygen atoms in total. The molecular formula is C16H20N4O. The van der Waals surface area contributed by atoms with E-state index < -0.39 is 0 Å². The van der Waals surface area contributed by atoms with Crippen molar-refractivity contribution in [1.82, 2.24) is 14.5 Å². The Bertz CT molecular complexity index is 583. The Labute approximate surface area is 124 Å². The van der Waals surface area contributed by atoms with Crippen molar-refractivity contribution < 1.29 is 5.21 Å². The Morgan fingerprint density at radius 2 is 1.90 bits per heavy atom. The molecule has 0 unspecified atom stereocenters. The first-order valence-corrected chi connectivity index (χ1v) is 7.39. The molecule has 1 N–H and O–H groups in total. The highest BCUT2D eigenvalue weighted by Crippen LogP contribution is 2.13. The second-order valence-electron chi connectivity index (χ2n) is 5.40. The molecule has 0 spiro atoms. The van der Waals surface area contributed by atoms with Crippen molar-refractivity contribution in [3.63, 3.8) is 0 Å². The first-order valence-electron chi connectivity index (χ1n) is 7.39. The minimum atomic E-state index is 0.709. The van der Waals surface area contributed by atoms with Crippen LogP contribution in [0.3, 0.4) is 0 Å². The SMILES string of the molecule is O/N=C(\CN1CCCCC1)c1ccc(-n2ccnc2)cc1. The van der Waals surface area contributed by atoms with Crippen LogP contribution in [-0.2, 0) is 0 Å². The van der Waals surface area contributed by atoms with Crippen molar-refractivity contribution in [3.05, 3.63) is 48.5 Å². The van der Waals surface area contributed by atoms with E-state index in [1.54, 1.807) is 12.5 Å². The zero-order valence-electron chi connectivity index (χ0n) is 12.0. The Morgan fingerprint density at radius 3 is 2.52 bits per heavy atom. The molecule has 2 heterocycles. The Balaban J connectivity index is 1.72. The number of imidazole rings is 1. The summed E-state index contributed by atoms with van der Waals surface area (Å²) in [5.41, 5.74) is 2.74. The smallest absolute Gasteiger partial charge is 0.101 e. The third-order valence-electron chi connectivity index (χ3n) is 3.95. The minimum Gasteiger partial charge on any atom is -0.411 e. The molecule has 21 heavy (non-hydrogen) atoms. The van der Waals surface area contributed by atoms with Crippen LogP contribution < -0.4 is 0 Å². The van der Waals surface area contributed by atoms with Crippen LogP contribution in [0.4, 0.5) is 0 Å². The number of hydrogen-bond donors (Lipinski definition) is 1. The van der Waals surface area contributed by atoms with Crippen LogP contribution in [0.1, 0.15) is 24.8 Å². The van der Waals surface area contributed by atoms with E-state index in [4.69, 9.17) is 0 Å². The fraction of sp³-hybridized carbons (Fsp3) is 0.375. The van der Waals surface area contributed by atoms with Crippen molar-refractivity contribution in [2.75, 3.05) is 19.6 Å². The highest BCUT2D eigenvalue weighted by molar-refractivity contribution is 6.01. The molecule has 0 bridgehead atoms. The van der Waals surface area contributed by atoms with E-state index in [-0.39, 0.29) is 0 Å². The van der Waals surface area contributed by atoms with Gasteiger partial charge >= 0.3 is 0 Å². The average Bonchev–Trinajstić information content (AvgIpc) is 3.08. The summed E-state index contributed by atoms with van der Waals surface area (Å²) in [6.07, 6.45) is 9.21. The molecule has 1 aromatic carbocycles. The van der Waals surface area contributed by atoms with E-state index in [1.807, 2.05) is 35.0 Å².